The van der Waals surface area contributed by atoms with Crippen LogP contribution in [0.15, 0.2) is 14.6 Å². The van der Waals surface area contributed by atoms with Gasteiger partial charge in [-0.25, -0.2) is 9.59 Å². The first-order valence-corrected chi connectivity index (χ1v) is 7.94. The molecule has 0 amide bonds. The Hall–Kier alpha value is -2.23. The summed E-state index contributed by atoms with van der Waals surface area (Å²) < 4.78 is 12.6. The number of hydrogen-bond acceptors (Lipinski definition) is 6. The van der Waals surface area contributed by atoms with Crippen LogP contribution in [-0.4, -0.2) is 53.8 Å². The van der Waals surface area contributed by atoms with Gasteiger partial charge in [-0.1, -0.05) is 0 Å². The molecule has 2 atom stereocenters. The van der Waals surface area contributed by atoms with E-state index in [1.807, 2.05) is 0 Å². The molecule has 0 aliphatic rings. The molecule has 1 heterocycles. The zero-order valence-corrected chi connectivity index (χ0v) is 13.2. The van der Waals surface area contributed by atoms with Gasteiger partial charge in [0, 0.05) is 43.1 Å². The first-order valence-electron chi connectivity index (χ1n) is 6.21. The van der Waals surface area contributed by atoms with E-state index in [2.05, 4.69) is 4.99 Å². The Morgan fingerprint density at radius 3 is 2.45 bits per heavy atom. The summed E-state index contributed by atoms with van der Waals surface area (Å²) in [5, 5.41) is 18.9. The van der Waals surface area contributed by atoms with E-state index in [9.17, 15) is 23.7 Å². The second kappa shape index (κ2) is 7.16. The Labute approximate surface area is 128 Å². The summed E-state index contributed by atoms with van der Waals surface area (Å²) in [6, 6.07) is -1.19. The van der Waals surface area contributed by atoms with Crippen LogP contribution in [0, 0.1) is 0 Å². The molecule has 0 unspecified atom stereocenters. The summed E-state index contributed by atoms with van der Waals surface area (Å²) in [7, 11) is 1.33. The topological polar surface area (TPSA) is 131 Å². The predicted octanol–water partition coefficient (Wildman–Crippen LogP) is -1.57. The van der Waals surface area contributed by atoms with E-state index in [4.69, 9.17) is 5.11 Å². The summed E-state index contributed by atoms with van der Waals surface area (Å²) in [4.78, 5) is 38.3. The van der Waals surface area contributed by atoms with Gasteiger partial charge in [-0.3, -0.25) is 23.1 Å². The lowest BCUT2D eigenvalue weighted by atomic mass is 10.2. The minimum atomic E-state index is -1.23. The highest BCUT2D eigenvalue weighted by atomic mass is 32.2. The third kappa shape index (κ3) is 3.91. The maximum Gasteiger partial charge on any atom is 0.333 e. The van der Waals surface area contributed by atoms with Gasteiger partial charge in [-0.2, -0.15) is 0 Å². The molecule has 0 radical (unpaired) electrons. The summed E-state index contributed by atoms with van der Waals surface area (Å²) in [6.45, 7) is 0. The van der Waals surface area contributed by atoms with Crippen molar-refractivity contribution in [3.63, 3.8) is 0 Å². The highest BCUT2D eigenvalue weighted by Crippen LogP contribution is 2.07. The molecular formula is C12H17N3O6S. The van der Waals surface area contributed by atoms with E-state index in [1.54, 1.807) is 0 Å². The highest BCUT2D eigenvalue weighted by Gasteiger charge is 2.18. The van der Waals surface area contributed by atoms with E-state index >= 15 is 0 Å². The Morgan fingerprint density at radius 1 is 1.36 bits per heavy atom. The fourth-order valence-corrected chi connectivity index (χ4v) is 2.23. The van der Waals surface area contributed by atoms with Crippen molar-refractivity contribution in [1.82, 2.24) is 9.13 Å². The molecule has 0 saturated carbocycles. The molecule has 1 aromatic heterocycles. The average Bonchev–Trinajstić information content (AvgIpc) is 2.45. The fraction of sp³-hybridized carbons (Fsp3) is 0.500. The number of carbonyl (C=O) groups is 1. The largest absolute Gasteiger partial charge is 0.494 e. The lowest BCUT2D eigenvalue weighted by Crippen LogP contribution is -2.38. The molecule has 1 rings (SSSR count). The van der Waals surface area contributed by atoms with Gasteiger partial charge in [-0.15, -0.1) is 0 Å². The molecule has 10 heteroatoms. The van der Waals surface area contributed by atoms with E-state index in [0.717, 1.165) is 15.3 Å². The molecule has 0 aliphatic heterocycles. The molecule has 122 valence electrons. The molecule has 9 nitrogen and oxygen atoms in total. The molecule has 0 saturated heterocycles. The van der Waals surface area contributed by atoms with Crippen LogP contribution >= 0.6 is 0 Å². The average molecular weight is 331 g/mol. The van der Waals surface area contributed by atoms with Crippen LogP contribution in [0.5, 0.6) is 5.88 Å². The van der Waals surface area contributed by atoms with Crippen LogP contribution in [0.25, 0.3) is 0 Å². The molecular weight excluding hydrogens is 314 g/mol. The van der Waals surface area contributed by atoms with Crippen LogP contribution in [0.4, 0.5) is 0 Å². The van der Waals surface area contributed by atoms with Gasteiger partial charge in [-0.05, 0) is 6.42 Å². The Morgan fingerprint density at radius 2 is 1.95 bits per heavy atom. The maximum absolute atomic E-state index is 11.9. The van der Waals surface area contributed by atoms with Gasteiger partial charge >= 0.3 is 11.7 Å². The van der Waals surface area contributed by atoms with E-state index < -0.39 is 39.9 Å². The van der Waals surface area contributed by atoms with Crippen molar-refractivity contribution in [3.05, 3.63) is 26.4 Å². The highest BCUT2D eigenvalue weighted by molar-refractivity contribution is 7.84. The number of hydrogen-bond donors (Lipinski definition) is 2. The summed E-state index contributed by atoms with van der Waals surface area (Å²) in [5.41, 5.74) is -1.78. The molecule has 0 bridgehead atoms. The maximum atomic E-state index is 11.9. The first kappa shape index (κ1) is 17.8. The minimum absolute atomic E-state index is 0.0295. The van der Waals surface area contributed by atoms with Crippen molar-refractivity contribution >= 4 is 23.0 Å². The van der Waals surface area contributed by atoms with Gasteiger partial charge in [0.1, 0.15) is 11.6 Å². The number of aromatic hydroxyl groups is 1. The molecule has 1 aromatic rings. The van der Waals surface area contributed by atoms with Crippen LogP contribution in [0.2, 0.25) is 0 Å². The molecule has 2 N–H and O–H groups in total. The van der Waals surface area contributed by atoms with Gasteiger partial charge in [0.25, 0.3) is 5.56 Å². The van der Waals surface area contributed by atoms with Gasteiger partial charge < -0.3 is 10.2 Å². The number of carboxylic acid groups (broad SMARTS) is 1. The van der Waals surface area contributed by atoms with Crippen LogP contribution in [0.1, 0.15) is 12.0 Å². The Balaban J connectivity index is 3.22. The number of nitrogens with zero attached hydrogens (tertiary/aromatic N) is 3. The van der Waals surface area contributed by atoms with E-state index in [-0.39, 0.29) is 17.7 Å². The smallest absolute Gasteiger partial charge is 0.333 e. The quantitative estimate of drug-likeness (QED) is 0.606. The normalized spacial score (nSPS) is 14.1. The lowest BCUT2D eigenvalue weighted by Gasteiger charge is -2.09. The standard InChI is InChI=1S/C12H17N3O6S/c1-14-9(16)7(10(17)15(2)12(14)20)6-13-8(11(18)19)4-5-22(3)21/h6,8,16H,4-5H2,1-3H3,(H,18,19)/t8-,22-/m0/s1. The zero-order chi connectivity index (χ0) is 17.0. The SMILES string of the molecule is Cn1c(O)c(C=N[C@@H](CC[S@](C)=O)C(=O)O)c(=O)n(C)c1=O. The van der Waals surface area contributed by atoms with Gasteiger partial charge in [0.2, 0.25) is 5.88 Å². The van der Waals surface area contributed by atoms with Crippen molar-refractivity contribution in [2.75, 3.05) is 12.0 Å². The second-order valence-corrected chi connectivity index (χ2v) is 6.20. The second-order valence-electron chi connectivity index (χ2n) is 4.64. The minimum Gasteiger partial charge on any atom is -0.494 e. The van der Waals surface area contributed by atoms with Crippen molar-refractivity contribution in [1.29, 1.82) is 0 Å². The molecule has 22 heavy (non-hydrogen) atoms. The summed E-state index contributed by atoms with van der Waals surface area (Å²) >= 11 is 0. The van der Waals surface area contributed by atoms with Crippen molar-refractivity contribution in [2.24, 2.45) is 19.1 Å². The predicted molar refractivity (Wildman–Crippen MR) is 81.2 cm³/mol. The van der Waals surface area contributed by atoms with Crippen molar-refractivity contribution in [3.8, 4) is 5.88 Å². The van der Waals surface area contributed by atoms with Gasteiger partial charge in [0.15, 0.2) is 0 Å². The molecule has 0 aromatic carbocycles. The Kier molecular flexibility index (Phi) is 5.80. The third-order valence-electron chi connectivity index (χ3n) is 3.01. The number of aliphatic carboxylic acids is 1. The van der Waals surface area contributed by atoms with Gasteiger partial charge in [0.05, 0.1) is 0 Å². The molecule has 0 spiro atoms. The number of aromatic nitrogens is 2. The fourth-order valence-electron chi connectivity index (χ4n) is 1.68. The molecule has 0 aliphatic carbocycles. The van der Waals surface area contributed by atoms with E-state index in [0.29, 0.717) is 0 Å². The van der Waals surface area contributed by atoms with Crippen LogP contribution in [-0.2, 0) is 29.7 Å². The van der Waals surface area contributed by atoms with Crippen molar-refractivity contribution < 1.29 is 19.2 Å². The monoisotopic (exact) mass is 331 g/mol. The van der Waals surface area contributed by atoms with Crippen molar-refractivity contribution in [2.45, 2.75) is 12.5 Å². The lowest BCUT2D eigenvalue weighted by molar-refractivity contribution is -0.138. The Bertz CT molecular complexity index is 748. The third-order valence-corrected chi connectivity index (χ3v) is 3.83. The number of rotatable bonds is 6. The summed E-state index contributed by atoms with van der Waals surface area (Å²) in [5.74, 6) is -1.69. The molecule has 0 fully saturated rings. The van der Waals surface area contributed by atoms with Crippen LogP contribution < -0.4 is 11.2 Å². The van der Waals surface area contributed by atoms with E-state index in [1.165, 1.54) is 20.4 Å². The first-order chi connectivity index (χ1) is 10.2. The number of aliphatic imine (C=N–C) groups is 1. The summed E-state index contributed by atoms with van der Waals surface area (Å²) in [6.07, 6.45) is 2.40. The zero-order valence-electron chi connectivity index (χ0n) is 12.3. The van der Waals surface area contributed by atoms with Crippen LogP contribution in [0.3, 0.4) is 0 Å². The number of carboxylic acids is 1.